The largest absolute Gasteiger partial charge is 0.296 e. The summed E-state index contributed by atoms with van der Waals surface area (Å²) in [6.45, 7) is 3.53. The van der Waals surface area contributed by atoms with Crippen molar-refractivity contribution in [3.8, 4) is 0 Å². The summed E-state index contributed by atoms with van der Waals surface area (Å²) in [5, 5.41) is 0. The molecule has 4 nitrogen and oxygen atoms in total. The van der Waals surface area contributed by atoms with Crippen LogP contribution in [0, 0.1) is 0 Å². The van der Waals surface area contributed by atoms with Crippen molar-refractivity contribution in [1.82, 2.24) is 19.8 Å². The number of hydrogen-bond acceptors (Lipinski definition) is 4. The van der Waals surface area contributed by atoms with Gasteiger partial charge in [-0.1, -0.05) is 36.4 Å². The second kappa shape index (κ2) is 9.22. The molecule has 26 heavy (non-hydrogen) atoms. The van der Waals surface area contributed by atoms with Gasteiger partial charge in [-0.25, -0.2) is 0 Å². The Labute approximate surface area is 156 Å². The Morgan fingerprint density at radius 3 is 1.54 bits per heavy atom. The van der Waals surface area contributed by atoms with Gasteiger partial charge in [0.25, 0.3) is 0 Å². The number of nitrogens with zero attached hydrogens (tertiary/aromatic N) is 4. The third-order valence-electron chi connectivity index (χ3n) is 4.21. The molecular weight excluding hydrogens is 320 g/mol. The van der Waals surface area contributed by atoms with Crippen LogP contribution in [0.5, 0.6) is 0 Å². The van der Waals surface area contributed by atoms with E-state index in [1.54, 1.807) is 0 Å². The first kappa shape index (κ1) is 18.2. The first-order valence-electron chi connectivity index (χ1n) is 8.94. The summed E-state index contributed by atoms with van der Waals surface area (Å²) in [6.07, 6.45) is 3.70. The summed E-state index contributed by atoms with van der Waals surface area (Å²) in [6, 6.07) is 20.9. The van der Waals surface area contributed by atoms with E-state index >= 15 is 0 Å². The summed E-state index contributed by atoms with van der Waals surface area (Å²) >= 11 is 0. The monoisotopic (exact) mass is 346 g/mol. The molecule has 0 N–H and O–H groups in total. The maximum atomic E-state index is 4.40. The summed E-state index contributed by atoms with van der Waals surface area (Å²) in [5.41, 5.74) is 4.85. The van der Waals surface area contributed by atoms with Crippen molar-refractivity contribution >= 4 is 0 Å². The van der Waals surface area contributed by atoms with Crippen LogP contribution in [0.25, 0.3) is 0 Å². The minimum Gasteiger partial charge on any atom is -0.296 e. The SMILES string of the molecule is CN(Cc1cccc(CN(C)Cc2ccccn2)c1)Cc1ccccn1. The first-order valence-corrected chi connectivity index (χ1v) is 8.94. The lowest BCUT2D eigenvalue weighted by molar-refractivity contribution is 0.310. The molecule has 0 spiro atoms. The van der Waals surface area contributed by atoms with E-state index in [0.29, 0.717) is 0 Å². The van der Waals surface area contributed by atoms with Gasteiger partial charge in [0.2, 0.25) is 0 Å². The Balaban J connectivity index is 1.55. The van der Waals surface area contributed by atoms with E-state index < -0.39 is 0 Å². The molecule has 3 rings (SSSR count). The van der Waals surface area contributed by atoms with Crippen molar-refractivity contribution in [3.05, 3.63) is 95.6 Å². The minimum atomic E-state index is 0.852. The maximum Gasteiger partial charge on any atom is 0.0543 e. The number of pyridine rings is 2. The van der Waals surface area contributed by atoms with Crippen LogP contribution >= 0.6 is 0 Å². The summed E-state index contributed by atoms with van der Waals surface area (Å²) in [5.74, 6) is 0. The Morgan fingerprint density at radius 2 is 1.12 bits per heavy atom. The average Bonchev–Trinajstić information content (AvgIpc) is 2.63. The second-order valence-electron chi connectivity index (χ2n) is 6.81. The Kier molecular flexibility index (Phi) is 6.47. The lowest BCUT2D eigenvalue weighted by Crippen LogP contribution is -2.19. The zero-order valence-electron chi connectivity index (χ0n) is 15.5. The molecule has 0 unspecified atom stereocenters. The van der Waals surface area contributed by atoms with Crippen molar-refractivity contribution < 1.29 is 0 Å². The van der Waals surface area contributed by atoms with Crippen LogP contribution < -0.4 is 0 Å². The molecule has 4 heteroatoms. The molecule has 134 valence electrons. The van der Waals surface area contributed by atoms with Gasteiger partial charge in [-0.05, 0) is 49.5 Å². The van der Waals surface area contributed by atoms with E-state index in [9.17, 15) is 0 Å². The fraction of sp³-hybridized carbons (Fsp3) is 0.273. The molecule has 0 aliphatic rings. The smallest absolute Gasteiger partial charge is 0.0543 e. The number of aromatic nitrogens is 2. The van der Waals surface area contributed by atoms with Gasteiger partial charge in [0.15, 0.2) is 0 Å². The first-order chi connectivity index (χ1) is 12.7. The van der Waals surface area contributed by atoms with Crippen molar-refractivity contribution in [1.29, 1.82) is 0 Å². The predicted molar refractivity (Wildman–Crippen MR) is 105 cm³/mol. The highest BCUT2D eigenvalue weighted by Crippen LogP contribution is 2.12. The second-order valence-corrected chi connectivity index (χ2v) is 6.81. The van der Waals surface area contributed by atoms with Crippen molar-refractivity contribution in [2.24, 2.45) is 0 Å². The fourth-order valence-corrected chi connectivity index (χ4v) is 3.10. The van der Waals surface area contributed by atoms with Crippen LogP contribution in [0.4, 0.5) is 0 Å². The van der Waals surface area contributed by atoms with Crippen molar-refractivity contribution in [3.63, 3.8) is 0 Å². The maximum absolute atomic E-state index is 4.40. The van der Waals surface area contributed by atoms with Crippen molar-refractivity contribution in [2.45, 2.75) is 26.2 Å². The molecule has 0 aliphatic carbocycles. The van der Waals surface area contributed by atoms with E-state index in [2.05, 4.69) is 70.3 Å². The third kappa shape index (κ3) is 5.76. The molecule has 2 aromatic heterocycles. The Morgan fingerprint density at radius 1 is 0.615 bits per heavy atom. The van der Waals surface area contributed by atoms with Crippen LogP contribution in [0.15, 0.2) is 73.1 Å². The lowest BCUT2D eigenvalue weighted by Gasteiger charge is -2.19. The highest BCUT2D eigenvalue weighted by Gasteiger charge is 2.06. The fourth-order valence-electron chi connectivity index (χ4n) is 3.10. The highest BCUT2D eigenvalue weighted by molar-refractivity contribution is 5.23. The molecule has 2 heterocycles. The van der Waals surface area contributed by atoms with Gasteiger partial charge in [0.1, 0.15) is 0 Å². The molecule has 0 aliphatic heterocycles. The number of rotatable bonds is 8. The number of hydrogen-bond donors (Lipinski definition) is 0. The molecule has 0 saturated carbocycles. The zero-order valence-corrected chi connectivity index (χ0v) is 15.5. The van der Waals surface area contributed by atoms with Gasteiger partial charge in [-0.15, -0.1) is 0 Å². The molecular formula is C22H26N4. The van der Waals surface area contributed by atoms with Gasteiger partial charge < -0.3 is 0 Å². The molecule has 0 radical (unpaired) electrons. The van der Waals surface area contributed by atoms with E-state index in [1.807, 2.05) is 36.7 Å². The molecule has 0 atom stereocenters. The van der Waals surface area contributed by atoms with Crippen LogP contribution in [0.1, 0.15) is 22.5 Å². The number of benzene rings is 1. The summed E-state index contributed by atoms with van der Waals surface area (Å²) in [4.78, 5) is 13.4. The third-order valence-corrected chi connectivity index (χ3v) is 4.21. The van der Waals surface area contributed by atoms with Crippen LogP contribution in [-0.4, -0.2) is 33.9 Å². The zero-order chi connectivity index (χ0) is 18.2. The van der Waals surface area contributed by atoms with Gasteiger partial charge in [-0.2, -0.15) is 0 Å². The standard InChI is InChI=1S/C22H26N4/c1-25(17-21-10-3-5-12-23-21)15-19-8-7-9-20(14-19)16-26(2)18-22-11-4-6-13-24-22/h3-14H,15-18H2,1-2H3. The quantitative estimate of drug-likeness (QED) is 0.622. The highest BCUT2D eigenvalue weighted by atomic mass is 15.1. The topological polar surface area (TPSA) is 32.3 Å². The van der Waals surface area contributed by atoms with E-state index in [0.717, 1.165) is 37.6 Å². The Hall–Kier alpha value is -2.56. The average molecular weight is 346 g/mol. The van der Waals surface area contributed by atoms with Crippen LogP contribution in [-0.2, 0) is 26.2 Å². The van der Waals surface area contributed by atoms with Crippen LogP contribution in [0.3, 0.4) is 0 Å². The lowest BCUT2D eigenvalue weighted by atomic mass is 10.1. The van der Waals surface area contributed by atoms with Crippen LogP contribution in [0.2, 0.25) is 0 Å². The molecule has 0 saturated heterocycles. The van der Waals surface area contributed by atoms with Gasteiger partial charge >= 0.3 is 0 Å². The Bertz CT molecular complexity index is 725. The summed E-state index contributed by atoms with van der Waals surface area (Å²) in [7, 11) is 4.27. The minimum absolute atomic E-state index is 0.852. The normalized spacial score (nSPS) is 11.2. The van der Waals surface area contributed by atoms with E-state index in [1.165, 1.54) is 11.1 Å². The molecule has 1 aromatic carbocycles. The molecule has 0 bridgehead atoms. The van der Waals surface area contributed by atoms with Gasteiger partial charge in [0, 0.05) is 38.6 Å². The molecule has 3 aromatic rings. The molecule has 0 amide bonds. The molecule has 0 fully saturated rings. The van der Waals surface area contributed by atoms with E-state index in [-0.39, 0.29) is 0 Å². The predicted octanol–water partition coefficient (Wildman–Crippen LogP) is 3.74. The van der Waals surface area contributed by atoms with Gasteiger partial charge in [0.05, 0.1) is 11.4 Å². The van der Waals surface area contributed by atoms with Crippen molar-refractivity contribution in [2.75, 3.05) is 14.1 Å². The summed E-state index contributed by atoms with van der Waals surface area (Å²) < 4.78 is 0. The van der Waals surface area contributed by atoms with Gasteiger partial charge in [-0.3, -0.25) is 19.8 Å². The van der Waals surface area contributed by atoms with E-state index in [4.69, 9.17) is 0 Å².